The number of aryl methyl sites for hydroxylation is 1. The number of aliphatic hydroxyl groups excluding tert-OH is 2. The summed E-state index contributed by atoms with van der Waals surface area (Å²) in [6.45, 7) is 2.80. The topological polar surface area (TPSA) is 49.7 Å². The van der Waals surface area contributed by atoms with Gasteiger partial charge in [0.1, 0.15) is 12.4 Å². The molecule has 2 N–H and O–H groups in total. The highest BCUT2D eigenvalue weighted by Crippen LogP contribution is 2.60. The van der Waals surface area contributed by atoms with Crippen molar-refractivity contribution in [3.8, 4) is 5.75 Å². The van der Waals surface area contributed by atoms with Gasteiger partial charge in [0.15, 0.2) is 0 Å². The first-order chi connectivity index (χ1) is 13.6. The summed E-state index contributed by atoms with van der Waals surface area (Å²) >= 11 is 0. The minimum absolute atomic E-state index is 0.114. The Labute approximate surface area is 167 Å². The van der Waals surface area contributed by atoms with Crippen molar-refractivity contribution in [2.45, 2.75) is 63.8 Å². The van der Waals surface area contributed by atoms with Crippen molar-refractivity contribution in [2.24, 2.45) is 17.3 Å². The molecule has 0 radical (unpaired) electrons. The van der Waals surface area contributed by atoms with E-state index >= 15 is 0 Å². The molecule has 0 bridgehead atoms. The van der Waals surface area contributed by atoms with E-state index in [4.69, 9.17) is 4.74 Å². The largest absolute Gasteiger partial charge is 0.489 e. The van der Waals surface area contributed by atoms with Gasteiger partial charge in [-0.2, -0.15) is 0 Å². The summed E-state index contributed by atoms with van der Waals surface area (Å²) in [6, 6.07) is 16.9. The van der Waals surface area contributed by atoms with Crippen LogP contribution in [0.15, 0.2) is 48.5 Å². The van der Waals surface area contributed by atoms with E-state index in [1.54, 1.807) is 0 Å². The number of rotatable bonds is 3. The first-order valence-electron chi connectivity index (χ1n) is 10.7. The fourth-order valence-corrected chi connectivity index (χ4v) is 6.38. The Morgan fingerprint density at radius 1 is 1.07 bits per heavy atom. The Morgan fingerprint density at radius 2 is 1.89 bits per heavy atom. The molecule has 0 unspecified atom stereocenters. The molecule has 2 saturated carbocycles. The molecular weight excluding hydrogens is 348 g/mol. The maximum Gasteiger partial charge on any atom is 0.120 e. The fraction of sp³-hybridized carbons (Fsp3) is 0.520. The molecule has 0 amide bonds. The van der Waals surface area contributed by atoms with E-state index in [1.165, 1.54) is 16.7 Å². The second-order valence-electron chi connectivity index (χ2n) is 9.34. The van der Waals surface area contributed by atoms with Gasteiger partial charge in [-0.25, -0.2) is 0 Å². The molecule has 3 aliphatic rings. The quantitative estimate of drug-likeness (QED) is 0.829. The highest BCUT2D eigenvalue weighted by molar-refractivity contribution is 5.41. The van der Waals surface area contributed by atoms with Gasteiger partial charge < -0.3 is 14.9 Å². The molecule has 6 atom stereocenters. The molecular formula is C25H30O3. The summed E-state index contributed by atoms with van der Waals surface area (Å²) in [7, 11) is 0. The maximum absolute atomic E-state index is 10.6. The number of benzene rings is 2. The van der Waals surface area contributed by atoms with Gasteiger partial charge >= 0.3 is 0 Å². The highest BCUT2D eigenvalue weighted by Gasteiger charge is 2.57. The molecule has 3 aliphatic carbocycles. The zero-order chi connectivity index (χ0) is 19.3. The van der Waals surface area contributed by atoms with E-state index in [1.807, 2.05) is 18.2 Å². The van der Waals surface area contributed by atoms with Gasteiger partial charge in [0, 0.05) is 0 Å². The van der Waals surface area contributed by atoms with E-state index < -0.39 is 12.2 Å². The molecule has 2 fully saturated rings. The molecule has 0 spiro atoms. The molecule has 0 aliphatic heterocycles. The predicted octanol–water partition coefficient (Wildman–Crippen LogP) is 4.45. The van der Waals surface area contributed by atoms with Crippen LogP contribution in [-0.4, -0.2) is 22.4 Å². The first-order valence-corrected chi connectivity index (χ1v) is 10.7. The summed E-state index contributed by atoms with van der Waals surface area (Å²) in [5.41, 5.74) is 3.97. The molecule has 2 aromatic rings. The fourth-order valence-electron chi connectivity index (χ4n) is 6.38. The minimum atomic E-state index is -0.561. The lowest BCUT2D eigenvalue weighted by Gasteiger charge is -2.49. The van der Waals surface area contributed by atoms with E-state index in [0.29, 0.717) is 24.4 Å². The normalized spacial score (nSPS) is 36.3. The van der Waals surface area contributed by atoms with Crippen molar-refractivity contribution < 1.29 is 14.9 Å². The monoisotopic (exact) mass is 378 g/mol. The van der Waals surface area contributed by atoms with Crippen LogP contribution in [0.3, 0.4) is 0 Å². The van der Waals surface area contributed by atoms with Gasteiger partial charge in [0.2, 0.25) is 0 Å². The van der Waals surface area contributed by atoms with Gasteiger partial charge in [-0.3, -0.25) is 0 Å². The maximum atomic E-state index is 10.6. The van der Waals surface area contributed by atoms with Crippen LogP contribution in [0.4, 0.5) is 0 Å². The molecule has 5 rings (SSSR count). The Bertz CT molecular complexity index is 848. The Kier molecular flexibility index (Phi) is 4.48. The second-order valence-corrected chi connectivity index (χ2v) is 9.34. The lowest BCUT2D eigenvalue weighted by Crippen LogP contribution is -2.44. The molecule has 148 valence electrons. The van der Waals surface area contributed by atoms with Crippen molar-refractivity contribution in [3.05, 3.63) is 65.2 Å². The van der Waals surface area contributed by atoms with E-state index in [0.717, 1.165) is 37.9 Å². The standard InChI is InChI=1S/C25H30O3/c1-25-12-11-20-19-10-8-18(28-15-16-5-3-2-4-6-16)13-17(19)7-9-21(20)22(25)14-23(26)24(25)27/h2-6,8,10,13,20-24,26-27H,7,9,11-12,14-15H2,1H3/t20-,21-,22+,23-,24+,25+/m0/s1. The van der Waals surface area contributed by atoms with Gasteiger partial charge in [0.05, 0.1) is 12.2 Å². The third-order valence-electron chi connectivity index (χ3n) is 7.92. The minimum Gasteiger partial charge on any atom is -0.489 e. The first kappa shape index (κ1) is 18.2. The zero-order valence-corrected chi connectivity index (χ0v) is 16.6. The third-order valence-corrected chi connectivity index (χ3v) is 7.92. The van der Waals surface area contributed by atoms with E-state index in [9.17, 15) is 10.2 Å². The van der Waals surface area contributed by atoms with Crippen molar-refractivity contribution in [3.63, 3.8) is 0 Å². The molecule has 0 saturated heterocycles. The van der Waals surface area contributed by atoms with Crippen molar-refractivity contribution >= 4 is 0 Å². The average Bonchev–Trinajstić information content (AvgIpc) is 2.96. The molecule has 0 aromatic heterocycles. The molecule has 3 nitrogen and oxygen atoms in total. The van der Waals surface area contributed by atoms with Crippen LogP contribution in [-0.2, 0) is 13.0 Å². The van der Waals surface area contributed by atoms with Gasteiger partial charge in [-0.05, 0) is 84.1 Å². The van der Waals surface area contributed by atoms with Crippen LogP contribution >= 0.6 is 0 Å². The summed E-state index contributed by atoms with van der Waals surface area (Å²) in [4.78, 5) is 0. The highest BCUT2D eigenvalue weighted by atomic mass is 16.5. The molecule has 3 heteroatoms. The summed E-state index contributed by atoms with van der Waals surface area (Å²) in [5, 5.41) is 20.9. The van der Waals surface area contributed by atoms with E-state index in [-0.39, 0.29) is 5.41 Å². The third kappa shape index (κ3) is 2.87. The molecule has 2 aromatic carbocycles. The van der Waals surface area contributed by atoms with Crippen molar-refractivity contribution in [1.82, 2.24) is 0 Å². The van der Waals surface area contributed by atoms with Crippen LogP contribution in [0.2, 0.25) is 0 Å². The predicted molar refractivity (Wildman–Crippen MR) is 109 cm³/mol. The number of hydrogen-bond acceptors (Lipinski definition) is 3. The second kappa shape index (κ2) is 6.89. The number of ether oxygens (including phenoxy) is 1. The lowest BCUT2D eigenvalue weighted by atomic mass is 9.55. The molecule has 28 heavy (non-hydrogen) atoms. The number of fused-ring (bicyclic) bond motifs is 5. The smallest absolute Gasteiger partial charge is 0.120 e. The SMILES string of the molecule is C[C@@]12CC[C@H]3c4ccc(OCc5ccccc5)cc4CC[C@@H]3[C@H]1C[C@H](O)[C@H]2O. The van der Waals surface area contributed by atoms with E-state index in [2.05, 4.69) is 37.3 Å². The average molecular weight is 379 g/mol. The lowest BCUT2D eigenvalue weighted by molar-refractivity contribution is -0.0505. The summed E-state index contributed by atoms with van der Waals surface area (Å²) in [6.07, 6.45) is 3.98. The van der Waals surface area contributed by atoms with Gasteiger partial charge in [-0.15, -0.1) is 0 Å². The van der Waals surface area contributed by atoms with Gasteiger partial charge in [-0.1, -0.05) is 43.3 Å². The van der Waals surface area contributed by atoms with Crippen LogP contribution in [0.25, 0.3) is 0 Å². The number of aliphatic hydroxyl groups is 2. The summed E-state index contributed by atoms with van der Waals surface area (Å²) in [5.74, 6) is 2.52. The number of hydrogen-bond donors (Lipinski definition) is 2. The molecule has 0 heterocycles. The van der Waals surface area contributed by atoms with Crippen molar-refractivity contribution in [2.75, 3.05) is 0 Å². The Hall–Kier alpha value is -1.84. The zero-order valence-electron chi connectivity index (χ0n) is 16.6. The van der Waals surface area contributed by atoms with Crippen LogP contribution < -0.4 is 4.74 Å². The summed E-state index contributed by atoms with van der Waals surface area (Å²) < 4.78 is 6.04. The van der Waals surface area contributed by atoms with Crippen LogP contribution in [0.1, 0.15) is 55.2 Å². The Morgan fingerprint density at radius 3 is 2.71 bits per heavy atom. The Balaban J connectivity index is 1.35. The van der Waals surface area contributed by atoms with Gasteiger partial charge in [0.25, 0.3) is 0 Å². The van der Waals surface area contributed by atoms with Crippen LogP contribution in [0.5, 0.6) is 5.75 Å². The van der Waals surface area contributed by atoms with Crippen molar-refractivity contribution in [1.29, 1.82) is 0 Å². The van der Waals surface area contributed by atoms with Crippen LogP contribution in [0, 0.1) is 17.3 Å².